The van der Waals surface area contributed by atoms with E-state index in [1.54, 1.807) is 29.2 Å². The molecule has 2 aromatic carbocycles. The SMILES string of the molecule is C=CCOc1ccc(C(O)=C2C(=O)C(=O)N(CCN3CCOCC3)C2c2ccc(Br)cc2)c(C)c1. The third-order valence-electron chi connectivity index (χ3n) is 6.31. The number of nitrogens with zero attached hydrogens (tertiary/aromatic N) is 2. The molecule has 4 rings (SSSR count). The van der Waals surface area contributed by atoms with Crippen LogP contribution in [-0.2, 0) is 14.3 Å². The standard InChI is InChI=1S/C27H29BrN2O5/c1-3-14-35-21-8-9-22(18(2)17-21)25(31)23-24(19-4-6-20(28)7-5-19)30(27(33)26(23)32)11-10-29-12-15-34-16-13-29/h3-9,17,24,31H,1,10-16H2,2H3. The highest BCUT2D eigenvalue weighted by Gasteiger charge is 2.46. The topological polar surface area (TPSA) is 79.3 Å². The molecule has 2 saturated heterocycles. The molecule has 2 aromatic rings. The molecule has 2 aliphatic rings. The fraction of sp³-hybridized carbons (Fsp3) is 0.333. The molecule has 7 nitrogen and oxygen atoms in total. The maximum atomic E-state index is 13.3. The number of carbonyl (C=O) groups excluding carboxylic acids is 2. The maximum Gasteiger partial charge on any atom is 0.295 e. The van der Waals surface area contributed by atoms with Crippen molar-refractivity contribution in [2.24, 2.45) is 0 Å². The molecule has 0 spiro atoms. The van der Waals surface area contributed by atoms with Gasteiger partial charge in [0.1, 0.15) is 18.1 Å². The molecule has 184 valence electrons. The first-order chi connectivity index (χ1) is 16.9. The van der Waals surface area contributed by atoms with Crippen molar-refractivity contribution in [2.45, 2.75) is 13.0 Å². The van der Waals surface area contributed by atoms with Crippen LogP contribution in [0.3, 0.4) is 0 Å². The summed E-state index contributed by atoms with van der Waals surface area (Å²) in [4.78, 5) is 30.2. The van der Waals surface area contributed by atoms with E-state index in [1.165, 1.54) is 0 Å². The van der Waals surface area contributed by atoms with E-state index >= 15 is 0 Å². The summed E-state index contributed by atoms with van der Waals surface area (Å²) in [5.41, 5.74) is 2.09. The molecule has 1 unspecified atom stereocenters. The van der Waals surface area contributed by atoms with Gasteiger partial charge in [-0.1, -0.05) is 40.7 Å². The van der Waals surface area contributed by atoms with E-state index < -0.39 is 17.7 Å². The second-order valence-electron chi connectivity index (χ2n) is 8.57. The summed E-state index contributed by atoms with van der Waals surface area (Å²) in [6, 6.07) is 12.0. The number of aryl methyl sites for hydroxylation is 1. The first kappa shape index (κ1) is 25.2. The summed E-state index contributed by atoms with van der Waals surface area (Å²) in [5, 5.41) is 11.4. The molecule has 0 aliphatic carbocycles. The molecule has 0 saturated carbocycles. The number of aliphatic hydroxyl groups is 1. The molecule has 1 amide bonds. The quantitative estimate of drug-likeness (QED) is 0.235. The van der Waals surface area contributed by atoms with Crippen molar-refractivity contribution < 1.29 is 24.2 Å². The van der Waals surface area contributed by atoms with E-state index in [0.29, 0.717) is 44.2 Å². The fourth-order valence-electron chi connectivity index (χ4n) is 4.47. The second kappa shape index (κ2) is 11.2. The monoisotopic (exact) mass is 540 g/mol. The van der Waals surface area contributed by atoms with Crippen LogP contribution < -0.4 is 4.74 Å². The van der Waals surface area contributed by atoms with Crippen molar-refractivity contribution >= 4 is 33.4 Å². The molecule has 2 heterocycles. The smallest absolute Gasteiger partial charge is 0.295 e. The normalized spacial score (nSPS) is 20.3. The summed E-state index contributed by atoms with van der Waals surface area (Å²) < 4.78 is 11.9. The highest BCUT2D eigenvalue weighted by Crippen LogP contribution is 2.40. The molecular formula is C27H29BrN2O5. The van der Waals surface area contributed by atoms with E-state index in [1.807, 2.05) is 31.2 Å². The Bertz CT molecular complexity index is 1140. The van der Waals surface area contributed by atoms with Gasteiger partial charge in [0.05, 0.1) is 24.8 Å². The average molecular weight is 541 g/mol. The Morgan fingerprint density at radius 2 is 1.89 bits per heavy atom. The van der Waals surface area contributed by atoms with Crippen LogP contribution in [0.1, 0.15) is 22.7 Å². The van der Waals surface area contributed by atoms with E-state index in [9.17, 15) is 14.7 Å². The molecule has 0 aromatic heterocycles. The summed E-state index contributed by atoms with van der Waals surface area (Å²) in [6.45, 7) is 9.71. The highest BCUT2D eigenvalue weighted by atomic mass is 79.9. The lowest BCUT2D eigenvalue weighted by atomic mass is 9.94. The molecule has 8 heteroatoms. The fourth-order valence-corrected chi connectivity index (χ4v) is 4.73. The Morgan fingerprint density at radius 1 is 1.17 bits per heavy atom. The van der Waals surface area contributed by atoms with Gasteiger partial charge in [0.15, 0.2) is 0 Å². The van der Waals surface area contributed by atoms with Crippen LogP contribution in [0.25, 0.3) is 5.76 Å². The average Bonchev–Trinajstić information content (AvgIpc) is 3.12. The number of hydrogen-bond acceptors (Lipinski definition) is 6. The third kappa shape index (κ3) is 5.50. The van der Waals surface area contributed by atoms with Crippen LogP contribution in [0.4, 0.5) is 0 Å². The Morgan fingerprint density at radius 3 is 2.54 bits per heavy atom. The first-order valence-corrected chi connectivity index (χ1v) is 12.4. The predicted octanol–water partition coefficient (Wildman–Crippen LogP) is 4.08. The van der Waals surface area contributed by atoms with Crippen molar-refractivity contribution in [3.63, 3.8) is 0 Å². The van der Waals surface area contributed by atoms with E-state index in [-0.39, 0.29) is 11.3 Å². The summed E-state index contributed by atoms with van der Waals surface area (Å²) in [6.07, 6.45) is 1.65. The van der Waals surface area contributed by atoms with Gasteiger partial charge in [-0.15, -0.1) is 0 Å². The number of likely N-dealkylation sites (tertiary alicyclic amines) is 1. The molecule has 1 N–H and O–H groups in total. The number of aliphatic hydroxyl groups excluding tert-OH is 1. The zero-order valence-electron chi connectivity index (χ0n) is 19.7. The minimum atomic E-state index is -0.680. The van der Waals surface area contributed by atoms with Gasteiger partial charge in [-0.05, 0) is 48.4 Å². The minimum absolute atomic E-state index is 0.0992. The molecule has 35 heavy (non-hydrogen) atoms. The van der Waals surface area contributed by atoms with Crippen LogP contribution in [0.15, 0.2) is 65.2 Å². The summed E-state index contributed by atoms with van der Waals surface area (Å²) in [5.74, 6) is -0.826. The minimum Gasteiger partial charge on any atom is -0.507 e. The Labute approximate surface area is 213 Å². The van der Waals surface area contributed by atoms with Crippen LogP contribution in [0.5, 0.6) is 5.75 Å². The zero-order valence-corrected chi connectivity index (χ0v) is 21.3. The van der Waals surface area contributed by atoms with Gasteiger partial charge in [-0.25, -0.2) is 0 Å². The first-order valence-electron chi connectivity index (χ1n) is 11.6. The largest absolute Gasteiger partial charge is 0.507 e. The number of hydrogen-bond donors (Lipinski definition) is 1. The van der Waals surface area contributed by atoms with Gasteiger partial charge in [-0.3, -0.25) is 14.5 Å². The lowest BCUT2D eigenvalue weighted by Gasteiger charge is -2.31. The molecule has 2 fully saturated rings. The number of carbonyl (C=O) groups is 2. The van der Waals surface area contributed by atoms with Crippen molar-refractivity contribution in [3.05, 3.63) is 81.9 Å². The number of amides is 1. The number of halogens is 1. The van der Waals surface area contributed by atoms with Crippen LogP contribution in [0, 0.1) is 6.92 Å². The zero-order chi connectivity index (χ0) is 24.9. The number of benzene rings is 2. The molecule has 0 bridgehead atoms. The second-order valence-corrected chi connectivity index (χ2v) is 9.49. The molecule has 1 atom stereocenters. The summed E-state index contributed by atoms with van der Waals surface area (Å²) in [7, 11) is 0. The van der Waals surface area contributed by atoms with Gasteiger partial charge >= 0.3 is 0 Å². The van der Waals surface area contributed by atoms with Crippen LogP contribution in [0.2, 0.25) is 0 Å². The Kier molecular flexibility index (Phi) is 8.05. The Balaban J connectivity index is 1.72. The Hall–Kier alpha value is -2.94. The number of ketones is 1. The molecule has 2 aliphatic heterocycles. The maximum absolute atomic E-state index is 13.3. The molecule has 0 radical (unpaired) electrons. The summed E-state index contributed by atoms with van der Waals surface area (Å²) >= 11 is 3.45. The van der Waals surface area contributed by atoms with Gasteiger partial charge in [0, 0.05) is 36.2 Å². The van der Waals surface area contributed by atoms with Crippen molar-refractivity contribution in [1.82, 2.24) is 9.80 Å². The number of ether oxygens (including phenoxy) is 2. The van der Waals surface area contributed by atoms with Crippen LogP contribution >= 0.6 is 15.9 Å². The van der Waals surface area contributed by atoms with Crippen LogP contribution in [-0.4, -0.2) is 72.6 Å². The van der Waals surface area contributed by atoms with Gasteiger partial charge in [0.25, 0.3) is 11.7 Å². The number of rotatable bonds is 8. The van der Waals surface area contributed by atoms with E-state index in [0.717, 1.165) is 28.7 Å². The lowest BCUT2D eigenvalue weighted by Crippen LogP contribution is -2.42. The van der Waals surface area contributed by atoms with E-state index in [2.05, 4.69) is 27.4 Å². The van der Waals surface area contributed by atoms with Crippen molar-refractivity contribution in [2.75, 3.05) is 46.0 Å². The van der Waals surface area contributed by atoms with Gasteiger partial charge in [-0.2, -0.15) is 0 Å². The van der Waals surface area contributed by atoms with Gasteiger partial charge in [0.2, 0.25) is 0 Å². The van der Waals surface area contributed by atoms with E-state index in [4.69, 9.17) is 9.47 Å². The number of morpholine rings is 1. The molecular weight excluding hydrogens is 512 g/mol. The number of Topliss-reactive ketones (excluding diaryl/α,β-unsaturated/α-hetero) is 1. The predicted molar refractivity (Wildman–Crippen MR) is 137 cm³/mol. The van der Waals surface area contributed by atoms with Gasteiger partial charge < -0.3 is 19.5 Å². The third-order valence-corrected chi connectivity index (χ3v) is 6.84. The van der Waals surface area contributed by atoms with Crippen molar-refractivity contribution in [3.8, 4) is 5.75 Å². The lowest BCUT2D eigenvalue weighted by molar-refractivity contribution is -0.140. The highest BCUT2D eigenvalue weighted by molar-refractivity contribution is 9.10. The van der Waals surface area contributed by atoms with Crippen molar-refractivity contribution in [1.29, 1.82) is 0 Å².